The highest BCUT2D eigenvalue weighted by atomic mass is 16.1. The van der Waals surface area contributed by atoms with E-state index in [-0.39, 0.29) is 5.78 Å². The molecule has 3 nitrogen and oxygen atoms in total. The fourth-order valence-electron chi connectivity index (χ4n) is 1.13. The lowest BCUT2D eigenvalue weighted by molar-refractivity contribution is 0.101. The molecule has 0 radical (unpaired) electrons. The van der Waals surface area contributed by atoms with Crippen molar-refractivity contribution in [3.8, 4) is 0 Å². The van der Waals surface area contributed by atoms with Gasteiger partial charge >= 0.3 is 0 Å². The van der Waals surface area contributed by atoms with Gasteiger partial charge in [0.05, 0.1) is 11.4 Å². The van der Waals surface area contributed by atoms with Gasteiger partial charge in [-0.1, -0.05) is 0 Å². The Labute approximate surface area is 78.2 Å². The molecule has 1 aromatic heterocycles. The third kappa shape index (κ3) is 2.28. The van der Waals surface area contributed by atoms with Crippen molar-refractivity contribution in [1.29, 1.82) is 0 Å². The zero-order valence-corrected chi connectivity index (χ0v) is 8.22. The summed E-state index contributed by atoms with van der Waals surface area (Å²) in [6.07, 6.45) is 0. The fraction of sp³-hybridized carbons (Fsp3) is 0.400. The van der Waals surface area contributed by atoms with Gasteiger partial charge in [0.25, 0.3) is 0 Å². The molecule has 70 valence electrons. The number of anilines is 1. The van der Waals surface area contributed by atoms with E-state index in [0.29, 0.717) is 5.69 Å². The first kappa shape index (κ1) is 9.71. The maximum atomic E-state index is 11.0. The van der Waals surface area contributed by atoms with Crippen molar-refractivity contribution in [2.24, 2.45) is 0 Å². The molecule has 0 saturated carbocycles. The number of carbonyl (C=O) groups excluding carboxylic acids is 1. The molecule has 0 aliphatic rings. The molecular formula is C10H14N2O. The van der Waals surface area contributed by atoms with Crippen molar-refractivity contribution in [2.75, 3.05) is 11.9 Å². The van der Waals surface area contributed by atoms with E-state index in [0.717, 1.165) is 17.9 Å². The van der Waals surface area contributed by atoms with Crippen LogP contribution in [0.5, 0.6) is 0 Å². The molecule has 0 aliphatic carbocycles. The molecule has 0 bridgehead atoms. The second kappa shape index (κ2) is 4.03. The maximum absolute atomic E-state index is 11.0. The van der Waals surface area contributed by atoms with E-state index < -0.39 is 0 Å². The molecule has 0 atom stereocenters. The molecule has 0 fully saturated rings. The van der Waals surface area contributed by atoms with Crippen LogP contribution in [0, 0.1) is 6.92 Å². The second-order valence-electron chi connectivity index (χ2n) is 2.92. The number of aromatic nitrogens is 1. The number of hydrogen-bond acceptors (Lipinski definition) is 3. The Morgan fingerprint density at radius 1 is 1.54 bits per heavy atom. The lowest BCUT2D eigenvalue weighted by Crippen LogP contribution is -2.03. The van der Waals surface area contributed by atoms with E-state index in [1.54, 1.807) is 6.07 Å². The average Bonchev–Trinajstić information content (AvgIpc) is 2.08. The first-order valence-electron chi connectivity index (χ1n) is 4.37. The van der Waals surface area contributed by atoms with Gasteiger partial charge in [-0.25, -0.2) is 4.98 Å². The van der Waals surface area contributed by atoms with Crippen molar-refractivity contribution in [3.05, 3.63) is 23.5 Å². The third-order valence-corrected chi connectivity index (χ3v) is 1.81. The van der Waals surface area contributed by atoms with Crippen molar-refractivity contribution >= 4 is 11.5 Å². The van der Waals surface area contributed by atoms with Crippen LogP contribution < -0.4 is 5.32 Å². The SMILES string of the molecule is CCNc1ccc(C(C)=O)nc1C. The van der Waals surface area contributed by atoms with Gasteiger partial charge in [-0.3, -0.25) is 4.79 Å². The van der Waals surface area contributed by atoms with Crippen molar-refractivity contribution in [3.63, 3.8) is 0 Å². The lowest BCUT2D eigenvalue weighted by Gasteiger charge is -2.06. The highest BCUT2D eigenvalue weighted by Crippen LogP contribution is 2.12. The first-order chi connectivity index (χ1) is 6.15. The number of carbonyl (C=O) groups is 1. The molecule has 0 spiro atoms. The largest absolute Gasteiger partial charge is 0.384 e. The van der Waals surface area contributed by atoms with Crippen LogP contribution in [0.15, 0.2) is 12.1 Å². The zero-order chi connectivity index (χ0) is 9.84. The lowest BCUT2D eigenvalue weighted by atomic mass is 10.2. The highest BCUT2D eigenvalue weighted by Gasteiger charge is 2.03. The van der Waals surface area contributed by atoms with Gasteiger partial charge in [0.2, 0.25) is 0 Å². The van der Waals surface area contributed by atoms with Crippen molar-refractivity contribution < 1.29 is 4.79 Å². The topological polar surface area (TPSA) is 42.0 Å². The summed E-state index contributed by atoms with van der Waals surface area (Å²) < 4.78 is 0. The van der Waals surface area contributed by atoms with E-state index in [1.165, 1.54) is 6.92 Å². The first-order valence-corrected chi connectivity index (χ1v) is 4.37. The molecule has 1 aromatic rings. The summed E-state index contributed by atoms with van der Waals surface area (Å²) in [5.74, 6) is 0.00569. The number of hydrogen-bond donors (Lipinski definition) is 1. The van der Waals surface area contributed by atoms with Gasteiger partial charge in [-0.15, -0.1) is 0 Å². The molecule has 13 heavy (non-hydrogen) atoms. The summed E-state index contributed by atoms with van der Waals surface area (Å²) in [4.78, 5) is 15.2. The third-order valence-electron chi connectivity index (χ3n) is 1.81. The fourth-order valence-corrected chi connectivity index (χ4v) is 1.13. The number of rotatable bonds is 3. The highest BCUT2D eigenvalue weighted by molar-refractivity contribution is 5.92. The van der Waals surface area contributed by atoms with Gasteiger partial charge < -0.3 is 5.32 Å². The minimum Gasteiger partial charge on any atom is -0.384 e. The zero-order valence-electron chi connectivity index (χ0n) is 8.22. The number of nitrogens with one attached hydrogen (secondary N) is 1. The molecule has 0 amide bonds. The molecule has 0 aliphatic heterocycles. The standard InChI is InChI=1S/C10H14N2O/c1-4-11-9-5-6-10(8(3)13)12-7(9)2/h5-6,11H,4H2,1-3H3. The Morgan fingerprint density at radius 2 is 2.23 bits per heavy atom. The molecular weight excluding hydrogens is 164 g/mol. The summed E-state index contributed by atoms with van der Waals surface area (Å²) in [6.45, 7) is 6.30. The monoisotopic (exact) mass is 178 g/mol. The molecule has 1 N–H and O–H groups in total. The van der Waals surface area contributed by atoms with Crippen molar-refractivity contribution in [2.45, 2.75) is 20.8 Å². The Bertz CT molecular complexity index is 321. The van der Waals surface area contributed by atoms with E-state index in [1.807, 2.05) is 19.9 Å². The van der Waals surface area contributed by atoms with Crippen LogP contribution in [-0.2, 0) is 0 Å². The Hall–Kier alpha value is -1.38. The molecule has 0 saturated heterocycles. The molecule has 0 unspecified atom stereocenters. The van der Waals surface area contributed by atoms with E-state index in [4.69, 9.17) is 0 Å². The molecule has 1 heterocycles. The number of nitrogens with zero attached hydrogens (tertiary/aromatic N) is 1. The summed E-state index contributed by atoms with van der Waals surface area (Å²) in [5.41, 5.74) is 2.39. The summed E-state index contributed by atoms with van der Waals surface area (Å²) in [5, 5.41) is 3.17. The number of ketones is 1. The van der Waals surface area contributed by atoms with Crippen LogP contribution in [-0.4, -0.2) is 17.3 Å². The van der Waals surface area contributed by atoms with Gasteiger partial charge in [0.1, 0.15) is 5.69 Å². The molecule has 1 rings (SSSR count). The van der Waals surface area contributed by atoms with Crippen LogP contribution in [0.1, 0.15) is 30.0 Å². The Kier molecular flexibility index (Phi) is 3.01. The summed E-state index contributed by atoms with van der Waals surface area (Å²) in [6, 6.07) is 3.63. The van der Waals surface area contributed by atoms with Gasteiger partial charge in [-0.2, -0.15) is 0 Å². The summed E-state index contributed by atoms with van der Waals surface area (Å²) >= 11 is 0. The van der Waals surface area contributed by atoms with Gasteiger partial charge in [-0.05, 0) is 26.0 Å². The van der Waals surface area contributed by atoms with Crippen LogP contribution in [0.25, 0.3) is 0 Å². The second-order valence-corrected chi connectivity index (χ2v) is 2.92. The van der Waals surface area contributed by atoms with Crippen molar-refractivity contribution in [1.82, 2.24) is 4.98 Å². The Balaban J connectivity index is 2.98. The van der Waals surface area contributed by atoms with Gasteiger partial charge in [0.15, 0.2) is 5.78 Å². The number of pyridine rings is 1. The number of aryl methyl sites for hydroxylation is 1. The van der Waals surface area contributed by atoms with E-state index in [2.05, 4.69) is 10.3 Å². The summed E-state index contributed by atoms with van der Waals surface area (Å²) in [7, 11) is 0. The Morgan fingerprint density at radius 3 is 2.69 bits per heavy atom. The normalized spacial score (nSPS) is 9.77. The van der Waals surface area contributed by atoms with E-state index in [9.17, 15) is 4.79 Å². The quantitative estimate of drug-likeness (QED) is 0.720. The number of Topliss-reactive ketones (excluding diaryl/α,β-unsaturated/α-hetero) is 1. The van der Waals surface area contributed by atoms with Crippen LogP contribution in [0.2, 0.25) is 0 Å². The maximum Gasteiger partial charge on any atom is 0.178 e. The average molecular weight is 178 g/mol. The van der Waals surface area contributed by atoms with Crippen LogP contribution in [0.4, 0.5) is 5.69 Å². The van der Waals surface area contributed by atoms with E-state index >= 15 is 0 Å². The van der Waals surface area contributed by atoms with Gasteiger partial charge in [0, 0.05) is 13.5 Å². The minimum atomic E-state index is 0.00569. The predicted molar refractivity (Wildman–Crippen MR) is 53.1 cm³/mol. The van der Waals surface area contributed by atoms with Crippen LogP contribution in [0.3, 0.4) is 0 Å². The smallest absolute Gasteiger partial charge is 0.178 e. The van der Waals surface area contributed by atoms with Crippen LogP contribution >= 0.6 is 0 Å². The molecule has 0 aromatic carbocycles. The predicted octanol–water partition coefficient (Wildman–Crippen LogP) is 2.02. The minimum absolute atomic E-state index is 0.00569. The molecule has 3 heteroatoms.